The largest absolute Gasteiger partial charge is 0.494 e. The number of aromatic amines is 1. The number of hydrogen-bond donors (Lipinski definition) is 5. The molecule has 3 aromatic carbocycles. The van der Waals surface area contributed by atoms with Gasteiger partial charge < -0.3 is 34.9 Å². The molecule has 0 unspecified atom stereocenters. The molecule has 2 aromatic heterocycles. The molecule has 7 rings (SSSR count). The van der Waals surface area contributed by atoms with Crippen LogP contribution in [0.3, 0.4) is 0 Å². The van der Waals surface area contributed by atoms with Crippen molar-refractivity contribution in [3.8, 4) is 29.3 Å². The van der Waals surface area contributed by atoms with Crippen LogP contribution in [0.15, 0.2) is 66.9 Å². The van der Waals surface area contributed by atoms with E-state index >= 15 is 0 Å². The van der Waals surface area contributed by atoms with Crippen molar-refractivity contribution in [2.24, 2.45) is 0 Å². The predicted molar refractivity (Wildman–Crippen MR) is 142 cm³/mol. The van der Waals surface area contributed by atoms with Crippen molar-refractivity contribution in [1.82, 2.24) is 9.55 Å². The lowest BCUT2D eigenvalue weighted by molar-refractivity contribution is -0.243. The van der Waals surface area contributed by atoms with E-state index in [9.17, 15) is 25.7 Å². The summed E-state index contributed by atoms with van der Waals surface area (Å²) in [7, 11) is 0. The Morgan fingerprint density at radius 3 is 2.54 bits per heavy atom. The van der Waals surface area contributed by atoms with Gasteiger partial charge in [-0.15, -0.1) is 0 Å². The van der Waals surface area contributed by atoms with Crippen LogP contribution in [-0.4, -0.2) is 42.4 Å². The van der Waals surface area contributed by atoms with Gasteiger partial charge in [0, 0.05) is 40.7 Å². The van der Waals surface area contributed by atoms with E-state index in [2.05, 4.69) is 11.1 Å². The fourth-order valence-electron chi connectivity index (χ4n) is 6.47. The highest BCUT2D eigenvalue weighted by Gasteiger charge is 2.72. The lowest BCUT2D eigenvalue weighted by Gasteiger charge is -2.33. The number of aliphatic hydroxyl groups is 2. The third-order valence-corrected chi connectivity index (χ3v) is 8.33. The van der Waals surface area contributed by atoms with E-state index in [4.69, 9.17) is 9.47 Å². The molecule has 2 aliphatic heterocycles. The summed E-state index contributed by atoms with van der Waals surface area (Å²) in [6.45, 7) is 1.66. The minimum Gasteiger partial charge on any atom is -0.494 e. The number of nitriles is 1. The molecule has 39 heavy (non-hydrogen) atoms. The second-order valence-corrected chi connectivity index (χ2v) is 10.4. The summed E-state index contributed by atoms with van der Waals surface area (Å²) in [5, 5.41) is 57.1. The van der Waals surface area contributed by atoms with Crippen molar-refractivity contribution in [2.45, 2.75) is 36.8 Å². The van der Waals surface area contributed by atoms with Gasteiger partial charge in [0.2, 0.25) is 11.8 Å². The lowest BCUT2D eigenvalue weighted by atomic mass is 9.74. The highest BCUT2D eigenvalue weighted by atomic mass is 16.6. The summed E-state index contributed by atoms with van der Waals surface area (Å²) >= 11 is 0. The Hall–Kier alpha value is -4.49. The predicted octanol–water partition coefficient (Wildman–Crippen LogP) is 4.39. The molecular formula is C30H25N3O6. The second kappa shape index (κ2) is 7.77. The van der Waals surface area contributed by atoms with E-state index in [1.165, 1.54) is 11.5 Å². The van der Waals surface area contributed by atoms with E-state index in [0.717, 1.165) is 10.9 Å². The average Bonchev–Trinajstić information content (AvgIpc) is 3.62. The van der Waals surface area contributed by atoms with Gasteiger partial charge >= 0.3 is 0 Å². The highest BCUT2D eigenvalue weighted by molar-refractivity contribution is 5.95. The van der Waals surface area contributed by atoms with Gasteiger partial charge in [-0.1, -0.05) is 30.3 Å². The first kappa shape index (κ1) is 23.6. The summed E-state index contributed by atoms with van der Waals surface area (Å²) < 4.78 is 13.7. The molecule has 1 saturated heterocycles. The zero-order valence-electron chi connectivity index (χ0n) is 21.0. The maximum atomic E-state index is 11.6. The molecule has 2 bridgehead atoms. The number of rotatable bonds is 5. The summed E-state index contributed by atoms with van der Waals surface area (Å²) in [5.74, 6) is -2.25. The van der Waals surface area contributed by atoms with Crippen LogP contribution in [-0.2, 0) is 15.9 Å². The highest BCUT2D eigenvalue weighted by Crippen LogP contribution is 2.68. The lowest BCUT2D eigenvalue weighted by Crippen LogP contribution is -2.47. The zero-order valence-corrected chi connectivity index (χ0v) is 21.0. The van der Waals surface area contributed by atoms with E-state index in [-0.39, 0.29) is 36.8 Å². The SMILES string of the molecule is C[C@]12O[C@](CCOc3cccc4[nH]ccc34)(CC1(O)O)c1c2c(O)n(-c2ccc(C#N)c3ccccc23)c1O. The molecule has 9 nitrogen and oxygen atoms in total. The molecule has 0 amide bonds. The average molecular weight is 524 g/mol. The maximum Gasteiger partial charge on any atom is 0.205 e. The van der Waals surface area contributed by atoms with Crippen LogP contribution < -0.4 is 4.74 Å². The molecule has 9 heteroatoms. The van der Waals surface area contributed by atoms with Gasteiger partial charge in [-0.25, -0.2) is 0 Å². The van der Waals surface area contributed by atoms with Gasteiger partial charge in [-0.3, -0.25) is 4.57 Å². The Labute approximate surface area is 222 Å². The summed E-state index contributed by atoms with van der Waals surface area (Å²) in [6.07, 6.45) is 1.80. The maximum absolute atomic E-state index is 11.6. The van der Waals surface area contributed by atoms with Crippen molar-refractivity contribution in [3.63, 3.8) is 0 Å². The molecule has 5 N–H and O–H groups in total. The van der Waals surface area contributed by atoms with E-state index in [0.29, 0.717) is 33.3 Å². The third-order valence-electron chi connectivity index (χ3n) is 8.33. The Balaban J connectivity index is 1.34. The number of nitrogens with zero attached hydrogens (tertiary/aromatic N) is 2. The number of hydrogen-bond acceptors (Lipinski definition) is 7. The Morgan fingerprint density at radius 2 is 1.74 bits per heavy atom. The van der Waals surface area contributed by atoms with Crippen molar-refractivity contribution >= 4 is 21.7 Å². The van der Waals surface area contributed by atoms with Crippen LogP contribution in [0.25, 0.3) is 27.4 Å². The number of nitrogens with one attached hydrogen (secondary N) is 1. The van der Waals surface area contributed by atoms with Crippen molar-refractivity contribution in [3.05, 3.63) is 83.6 Å². The first-order valence-corrected chi connectivity index (χ1v) is 12.6. The van der Waals surface area contributed by atoms with Crippen LogP contribution in [0, 0.1) is 11.3 Å². The van der Waals surface area contributed by atoms with Gasteiger partial charge in [-0.05, 0) is 37.3 Å². The first-order chi connectivity index (χ1) is 18.7. The minimum absolute atomic E-state index is 0.123. The Bertz CT molecular complexity index is 1850. The molecule has 0 aliphatic carbocycles. The summed E-state index contributed by atoms with van der Waals surface area (Å²) in [4.78, 5) is 3.15. The summed E-state index contributed by atoms with van der Waals surface area (Å²) in [6, 6.07) is 20.3. The minimum atomic E-state index is -2.30. The Kier molecular flexibility index (Phi) is 4.71. The van der Waals surface area contributed by atoms with Crippen LogP contribution in [0.1, 0.15) is 36.5 Å². The fourth-order valence-corrected chi connectivity index (χ4v) is 6.47. The van der Waals surface area contributed by atoms with E-state index < -0.39 is 17.0 Å². The number of benzene rings is 3. The van der Waals surface area contributed by atoms with Crippen LogP contribution >= 0.6 is 0 Å². The fraction of sp³-hybridized carbons (Fsp3) is 0.233. The standard InChI is InChI=1S/C30H25N3O6/c1-28-24-25(27(35)33(26(24)34)22-10-9-17(15-31)18-5-2-3-6-19(18)22)29(39-28,16-30(28,36)37)12-14-38-23-8-4-7-21-20(23)11-13-32-21/h2-11,13,32,34-37H,12,14,16H2,1H3/t28-,29-/m1/s1. The van der Waals surface area contributed by atoms with Gasteiger partial charge in [-0.2, -0.15) is 5.26 Å². The normalized spacial score (nSPS) is 22.8. The van der Waals surface area contributed by atoms with Crippen molar-refractivity contribution in [1.29, 1.82) is 5.26 Å². The molecule has 4 heterocycles. The van der Waals surface area contributed by atoms with Gasteiger partial charge in [0.25, 0.3) is 0 Å². The number of aromatic nitrogens is 2. The molecule has 2 aliphatic rings. The zero-order chi connectivity index (χ0) is 27.2. The third kappa shape index (κ3) is 2.99. The van der Waals surface area contributed by atoms with Crippen LogP contribution in [0.5, 0.6) is 17.5 Å². The number of H-pyrrole nitrogens is 1. The molecule has 196 valence electrons. The molecule has 1 fully saturated rings. The van der Waals surface area contributed by atoms with Crippen LogP contribution in [0.4, 0.5) is 0 Å². The summed E-state index contributed by atoms with van der Waals surface area (Å²) in [5.41, 5.74) is -0.760. The monoisotopic (exact) mass is 523 g/mol. The quantitative estimate of drug-likeness (QED) is 0.215. The van der Waals surface area contributed by atoms with E-state index in [1.54, 1.807) is 24.3 Å². The van der Waals surface area contributed by atoms with Crippen molar-refractivity contribution < 1.29 is 29.9 Å². The van der Waals surface area contributed by atoms with Gasteiger partial charge in [0.1, 0.15) is 11.4 Å². The molecule has 2 atom stereocenters. The molecule has 0 spiro atoms. The van der Waals surface area contributed by atoms with Crippen molar-refractivity contribution in [2.75, 3.05) is 6.61 Å². The van der Waals surface area contributed by atoms with Gasteiger partial charge in [0.05, 0.1) is 35.1 Å². The molecule has 0 saturated carbocycles. The molecule has 5 aromatic rings. The van der Waals surface area contributed by atoms with E-state index in [1.807, 2.05) is 42.6 Å². The number of ether oxygens (including phenoxy) is 2. The smallest absolute Gasteiger partial charge is 0.205 e. The van der Waals surface area contributed by atoms with Gasteiger partial charge in [0.15, 0.2) is 11.4 Å². The molecule has 0 radical (unpaired) electrons. The number of aromatic hydroxyl groups is 2. The Morgan fingerprint density at radius 1 is 0.974 bits per heavy atom. The molecular weight excluding hydrogens is 498 g/mol. The van der Waals surface area contributed by atoms with Crippen LogP contribution in [0.2, 0.25) is 0 Å². The first-order valence-electron chi connectivity index (χ1n) is 12.6. The second-order valence-electron chi connectivity index (χ2n) is 10.4. The number of fused-ring (bicyclic) bond motifs is 7. The topological polar surface area (TPSA) is 144 Å².